The van der Waals surface area contributed by atoms with Crippen molar-refractivity contribution in [1.82, 2.24) is 0 Å². The van der Waals surface area contributed by atoms with Gasteiger partial charge in [0.1, 0.15) is 12.4 Å². The number of rotatable bonds is 9. The van der Waals surface area contributed by atoms with E-state index in [9.17, 15) is 9.59 Å². The van der Waals surface area contributed by atoms with E-state index in [1.54, 1.807) is 30.3 Å². The number of benzene rings is 3. The van der Waals surface area contributed by atoms with Crippen LogP contribution in [-0.2, 0) is 11.2 Å². The van der Waals surface area contributed by atoms with Gasteiger partial charge in [0.05, 0.1) is 6.42 Å². The van der Waals surface area contributed by atoms with E-state index in [-0.39, 0.29) is 12.2 Å². The van der Waals surface area contributed by atoms with Crippen LogP contribution in [0.2, 0.25) is 0 Å². The third-order valence-corrected chi connectivity index (χ3v) is 4.36. The molecular weight excluding hydrogens is 376 g/mol. The van der Waals surface area contributed by atoms with Crippen molar-refractivity contribution in [3.8, 4) is 5.75 Å². The molecule has 0 amide bonds. The maximum atomic E-state index is 12.3. The first-order chi connectivity index (χ1) is 14.6. The summed E-state index contributed by atoms with van der Waals surface area (Å²) in [5, 5.41) is 8.79. The summed E-state index contributed by atoms with van der Waals surface area (Å²) in [4.78, 5) is 23.0. The van der Waals surface area contributed by atoms with Crippen molar-refractivity contribution < 1.29 is 19.4 Å². The molecule has 150 valence electrons. The number of carboxylic acids is 1. The standard InChI is InChI=1S/C26H22O4/c27-25(23-13-8-22(9-14-23)19-26(28)29)17-12-21-10-15-24(16-11-21)30-18-4-7-20-5-2-1-3-6-20/h1-17H,18-19H2,(H,28,29). The Hall–Kier alpha value is -3.92. The Morgan fingerprint density at radius 3 is 2.13 bits per heavy atom. The summed E-state index contributed by atoms with van der Waals surface area (Å²) in [5.74, 6) is -0.276. The van der Waals surface area contributed by atoms with Crippen molar-refractivity contribution in [2.24, 2.45) is 0 Å². The lowest BCUT2D eigenvalue weighted by atomic mass is 10.1. The van der Waals surface area contributed by atoms with E-state index in [4.69, 9.17) is 9.84 Å². The third-order valence-electron chi connectivity index (χ3n) is 4.36. The van der Waals surface area contributed by atoms with Crippen LogP contribution in [0.4, 0.5) is 0 Å². The number of ketones is 1. The van der Waals surface area contributed by atoms with Gasteiger partial charge in [-0.15, -0.1) is 0 Å². The van der Waals surface area contributed by atoms with Crippen molar-refractivity contribution in [2.75, 3.05) is 6.61 Å². The lowest BCUT2D eigenvalue weighted by Crippen LogP contribution is -2.01. The quantitative estimate of drug-likeness (QED) is 0.392. The van der Waals surface area contributed by atoms with Crippen molar-refractivity contribution in [1.29, 1.82) is 0 Å². The van der Waals surface area contributed by atoms with Gasteiger partial charge >= 0.3 is 5.97 Å². The molecule has 0 aliphatic carbocycles. The van der Waals surface area contributed by atoms with E-state index >= 15 is 0 Å². The molecule has 4 heteroatoms. The van der Waals surface area contributed by atoms with Crippen LogP contribution < -0.4 is 4.74 Å². The fourth-order valence-corrected chi connectivity index (χ4v) is 2.80. The van der Waals surface area contributed by atoms with Gasteiger partial charge in [0, 0.05) is 5.56 Å². The molecule has 3 rings (SSSR count). The van der Waals surface area contributed by atoms with E-state index < -0.39 is 5.97 Å². The first-order valence-electron chi connectivity index (χ1n) is 9.58. The molecule has 0 atom stereocenters. The average molecular weight is 398 g/mol. The molecule has 0 unspecified atom stereocenters. The Labute approximate surface area is 175 Å². The average Bonchev–Trinajstić information content (AvgIpc) is 2.77. The summed E-state index contributed by atoms with van der Waals surface area (Å²) in [6.45, 7) is 0.473. The van der Waals surface area contributed by atoms with Gasteiger partial charge in [-0.05, 0) is 41.0 Å². The van der Waals surface area contributed by atoms with Crippen molar-refractivity contribution in [2.45, 2.75) is 6.42 Å². The van der Waals surface area contributed by atoms with Crippen LogP contribution in [-0.4, -0.2) is 23.5 Å². The molecule has 0 spiro atoms. The summed E-state index contributed by atoms with van der Waals surface area (Å²) in [6, 6.07) is 24.1. The second-order valence-electron chi connectivity index (χ2n) is 6.66. The molecule has 0 radical (unpaired) electrons. The molecule has 0 heterocycles. The lowest BCUT2D eigenvalue weighted by Gasteiger charge is -2.03. The molecule has 0 aliphatic rings. The highest BCUT2D eigenvalue weighted by molar-refractivity contribution is 6.06. The van der Waals surface area contributed by atoms with Crippen LogP contribution in [0.25, 0.3) is 12.2 Å². The Balaban J connectivity index is 1.50. The second-order valence-corrected chi connectivity index (χ2v) is 6.66. The topological polar surface area (TPSA) is 63.6 Å². The van der Waals surface area contributed by atoms with E-state index in [0.717, 1.165) is 16.9 Å². The summed E-state index contributed by atoms with van der Waals surface area (Å²) in [7, 11) is 0. The largest absolute Gasteiger partial charge is 0.490 e. The molecule has 3 aromatic carbocycles. The number of ether oxygens (including phenoxy) is 1. The molecule has 0 bridgehead atoms. The molecule has 4 nitrogen and oxygen atoms in total. The van der Waals surface area contributed by atoms with Crippen molar-refractivity contribution >= 4 is 23.9 Å². The van der Waals surface area contributed by atoms with E-state index in [0.29, 0.717) is 17.7 Å². The predicted molar refractivity (Wildman–Crippen MR) is 119 cm³/mol. The van der Waals surface area contributed by atoms with Gasteiger partial charge in [0.25, 0.3) is 0 Å². The number of carboxylic acid groups (broad SMARTS) is 1. The zero-order valence-corrected chi connectivity index (χ0v) is 16.4. The molecule has 0 aliphatic heterocycles. The molecule has 1 N–H and O–H groups in total. The third kappa shape index (κ3) is 6.60. The van der Waals surface area contributed by atoms with Crippen LogP contribution in [0, 0.1) is 0 Å². The highest BCUT2D eigenvalue weighted by Crippen LogP contribution is 2.14. The summed E-state index contributed by atoms with van der Waals surface area (Å²) < 4.78 is 5.70. The number of aliphatic carboxylic acids is 1. The van der Waals surface area contributed by atoms with Crippen LogP contribution in [0.1, 0.15) is 27.0 Å². The zero-order chi connectivity index (χ0) is 21.2. The highest BCUT2D eigenvalue weighted by Gasteiger charge is 2.04. The van der Waals surface area contributed by atoms with Gasteiger partial charge in [0.15, 0.2) is 5.78 Å². The van der Waals surface area contributed by atoms with Gasteiger partial charge in [-0.3, -0.25) is 9.59 Å². The molecule has 0 saturated heterocycles. The SMILES string of the molecule is O=C(O)Cc1ccc(C(=O)C=Cc2ccc(OCC=Cc3ccccc3)cc2)cc1. The highest BCUT2D eigenvalue weighted by atomic mass is 16.5. The van der Waals surface area contributed by atoms with Gasteiger partial charge in [-0.1, -0.05) is 78.9 Å². The minimum atomic E-state index is -0.895. The Morgan fingerprint density at radius 2 is 1.47 bits per heavy atom. The van der Waals surface area contributed by atoms with Gasteiger partial charge in [0.2, 0.25) is 0 Å². The van der Waals surface area contributed by atoms with E-state index in [2.05, 4.69) is 0 Å². The fraction of sp³-hybridized carbons (Fsp3) is 0.0769. The summed E-state index contributed by atoms with van der Waals surface area (Å²) in [5.41, 5.74) is 3.20. The van der Waals surface area contributed by atoms with Crippen LogP contribution in [0.15, 0.2) is 91.0 Å². The van der Waals surface area contributed by atoms with Crippen molar-refractivity contribution in [3.05, 3.63) is 113 Å². The fourth-order valence-electron chi connectivity index (χ4n) is 2.80. The second kappa shape index (κ2) is 10.6. The zero-order valence-electron chi connectivity index (χ0n) is 16.4. The smallest absolute Gasteiger partial charge is 0.307 e. The maximum Gasteiger partial charge on any atom is 0.307 e. The Bertz CT molecular complexity index is 1030. The molecular formula is C26H22O4. The molecule has 0 aromatic heterocycles. The van der Waals surface area contributed by atoms with Crippen molar-refractivity contribution in [3.63, 3.8) is 0 Å². The molecule has 3 aromatic rings. The normalized spacial score (nSPS) is 11.1. The first kappa shape index (κ1) is 20.8. The van der Waals surface area contributed by atoms with Crippen LogP contribution >= 0.6 is 0 Å². The number of carbonyl (C=O) groups excluding carboxylic acids is 1. The number of carbonyl (C=O) groups is 2. The number of hydrogen-bond acceptors (Lipinski definition) is 3. The maximum absolute atomic E-state index is 12.3. The lowest BCUT2D eigenvalue weighted by molar-refractivity contribution is -0.136. The summed E-state index contributed by atoms with van der Waals surface area (Å²) in [6.07, 6.45) is 7.17. The van der Waals surface area contributed by atoms with Crippen LogP contribution in [0.5, 0.6) is 5.75 Å². The number of allylic oxidation sites excluding steroid dienone is 1. The van der Waals surface area contributed by atoms with Crippen LogP contribution in [0.3, 0.4) is 0 Å². The molecule has 30 heavy (non-hydrogen) atoms. The number of hydrogen-bond donors (Lipinski definition) is 1. The predicted octanol–water partition coefficient (Wildman–Crippen LogP) is 5.30. The monoisotopic (exact) mass is 398 g/mol. The van der Waals surface area contributed by atoms with E-state index in [1.807, 2.05) is 66.7 Å². The Morgan fingerprint density at radius 1 is 0.800 bits per heavy atom. The first-order valence-corrected chi connectivity index (χ1v) is 9.58. The minimum Gasteiger partial charge on any atom is -0.490 e. The minimum absolute atomic E-state index is 0.0548. The summed E-state index contributed by atoms with van der Waals surface area (Å²) >= 11 is 0. The molecule has 0 saturated carbocycles. The molecule has 0 fully saturated rings. The van der Waals surface area contributed by atoms with Gasteiger partial charge in [-0.25, -0.2) is 0 Å². The Kier molecular flexibility index (Phi) is 7.34. The van der Waals surface area contributed by atoms with Gasteiger partial charge in [-0.2, -0.15) is 0 Å². The van der Waals surface area contributed by atoms with E-state index in [1.165, 1.54) is 6.08 Å². The van der Waals surface area contributed by atoms with Gasteiger partial charge < -0.3 is 9.84 Å².